The van der Waals surface area contributed by atoms with E-state index in [0.29, 0.717) is 11.1 Å². The van der Waals surface area contributed by atoms with E-state index in [1.54, 1.807) is 12.1 Å². The van der Waals surface area contributed by atoms with Gasteiger partial charge < -0.3 is 20.8 Å². The minimum atomic E-state index is -0.599. The average molecular weight is 505 g/mol. The smallest absolute Gasteiger partial charge is 0.217 e. The number of phenols is 2. The highest BCUT2D eigenvalue weighted by Crippen LogP contribution is 2.38. The minimum absolute atomic E-state index is 0.0864. The number of fused-ring (bicyclic) bond motifs is 2. The fourth-order valence-electron chi connectivity index (χ4n) is 5.11. The van der Waals surface area contributed by atoms with E-state index in [0.717, 1.165) is 32.7 Å². The minimum Gasteiger partial charge on any atom is -0.508 e. The lowest BCUT2D eigenvalue weighted by Gasteiger charge is -2.24. The highest BCUT2D eigenvalue weighted by Gasteiger charge is 2.24. The summed E-state index contributed by atoms with van der Waals surface area (Å²) in [7, 11) is 0. The molecule has 5 aromatic carbocycles. The molecule has 0 bridgehead atoms. The van der Waals surface area contributed by atoms with Crippen LogP contribution in [0.1, 0.15) is 48.2 Å². The lowest BCUT2D eigenvalue weighted by Crippen LogP contribution is -2.28. The molecule has 0 saturated heterocycles. The first-order chi connectivity index (χ1) is 18.3. The maximum atomic E-state index is 12.2. The zero-order valence-corrected chi connectivity index (χ0v) is 21.1. The summed E-state index contributed by atoms with van der Waals surface area (Å²) >= 11 is 0. The van der Waals surface area contributed by atoms with E-state index in [4.69, 9.17) is 0 Å². The van der Waals surface area contributed by atoms with Crippen molar-refractivity contribution in [3.63, 3.8) is 0 Å². The molecule has 38 heavy (non-hydrogen) atoms. The number of phenolic OH excluding ortho intramolecular Hbond substituents is 2. The quantitative estimate of drug-likeness (QED) is 0.233. The summed E-state index contributed by atoms with van der Waals surface area (Å²) in [6, 6.07) is 28.6. The Balaban J connectivity index is 1.62. The van der Waals surface area contributed by atoms with E-state index in [-0.39, 0.29) is 23.3 Å². The molecule has 5 aromatic rings. The number of hydrogen-bond donors (Lipinski definition) is 4. The first-order valence-corrected chi connectivity index (χ1v) is 12.4. The predicted octanol–water partition coefficient (Wildman–Crippen LogP) is 5.86. The monoisotopic (exact) mass is 504 g/mol. The lowest BCUT2D eigenvalue weighted by atomic mass is 9.89. The Labute approximate surface area is 220 Å². The maximum Gasteiger partial charge on any atom is 0.217 e. The van der Waals surface area contributed by atoms with Crippen LogP contribution in [0.4, 0.5) is 0 Å². The van der Waals surface area contributed by atoms with Crippen molar-refractivity contribution in [2.45, 2.75) is 25.9 Å². The molecule has 2 amide bonds. The van der Waals surface area contributed by atoms with E-state index in [2.05, 4.69) is 10.6 Å². The normalized spacial score (nSPS) is 12.7. The molecule has 5 rings (SSSR count). The molecule has 0 aliphatic rings. The molecule has 0 radical (unpaired) electrons. The highest BCUT2D eigenvalue weighted by molar-refractivity contribution is 5.90. The number of hydrogen-bond acceptors (Lipinski definition) is 4. The molecule has 6 heteroatoms. The van der Waals surface area contributed by atoms with Crippen molar-refractivity contribution < 1.29 is 19.8 Å². The fraction of sp³-hybridized carbons (Fsp3) is 0.125. The van der Waals surface area contributed by atoms with Crippen molar-refractivity contribution in [2.75, 3.05) is 0 Å². The Bertz CT molecular complexity index is 1540. The summed E-state index contributed by atoms with van der Waals surface area (Å²) in [6.07, 6.45) is 0. The zero-order chi connectivity index (χ0) is 26.8. The molecule has 2 atom stereocenters. The van der Waals surface area contributed by atoms with Gasteiger partial charge in [-0.25, -0.2) is 0 Å². The van der Waals surface area contributed by atoms with Gasteiger partial charge in [-0.05, 0) is 44.8 Å². The Morgan fingerprint density at radius 2 is 0.921 bits per heavy atom. The SMILES string of the molecule is CC(=O)NC(c1ccc(C(NC(C)=O)c2c(O)ccc3ccccc23)cc1)c1c(O)ccc2ccccc12. The third-order valence-corrected chi connectivity index (χ3v) is 6.77. The summed E-state index contributed by atoms with van der Waals surface area (Å²) in [5.74, 6) is -0.293. The van der Waals surface area contributed by atoms with Crippen molar-refractivity contribution in [1.82, 2.24) is 10.6 Å². The Morgan fingerprint density at radius 1 is 0.553 bits per heavy atom. The van der Waals surface area contributed by atoms with Crippen LogP contribution in [0.25, 0.3) is 21.5 Å². The first-order valence-electron chi connectivity index (χ1n) is 12.4. The number of aromatic hydroxyl groups is 2. The van der Waals surface area contributed by atoms with Crippen molar-refractivity contribution >= 4 is 33.4 Å². The first kappa shape index (κ1) is 24.8. The standard InChI is InChI=1S/C32H28N2O4/c1-19(35)33-31(29-25-9-5-3-7-21(25)15-17-27(29)37)23-11-13-24(14-12-23)32(34-20(2)36)30-26-10-6-4-8-22(26)16-18-28(30)38/h3-18,31-32,37-38H,1-2H3,(H,33,35)(H,34,36). The van der Waals surface area contributed by atoms with Crippen LogP contribution in [0, 0.1) is 0 Å². The van der Waals surface area contributed by atoms with Gasteiger partial charge in [-0.2, -0.15) is 0 Å². The highest BCUT2D eigenvalue weighted by atomic mass is 16.3. The molecule has 0 aliphatic carbocycles. The van der Waals surface area contributed by atoms with Gasteiger partial charge in [0, 0.05) is 25.0 Å². The number of nitrogens with one attached hydrogen (secondary N) is 2. The van der Waals surface area contributed by atoms with Gasteiger partial charge in [0.2, 0.25) is 11.8 Å². The molecule has 2 unspecified atom stereocenters. The number of benzene rings is 5. The summed E-state index contributed by atoms with van der Waals surface area (Å²) in [5, 5.41) is 31.2. The van der Waals surface area contributed by atoms with Crippen LogP contribution in [0.2, 0.25) is 0 Å². The van der Waals surface area contributed by atoms with Gasteiger partial charge in [0.15, 0.2) is 0 Å². The number of amides is 2. The van der Waals surface area contributed by atoms with Crippen LogP contribution in [0.15, 0.2) is 97.1 Å². The summed E-state index contributed by atoms with van der Waals surface area (Å²) in [6.45, 7) is 2.89. The van der Waals surface area contributed by atoms with Crippen molar-refractivity contribution in [2.24, 2.45) is 0 Å². The average Bonchev–Trinajstić information content (AvgIpc) is 2.91. The molecule has 0 fully saturated rings. The Kier molecular flexibility index (Phi) is 6.71. The van der Waals surface area contributed by atoms with E-state index < -0.39 is 12.1 Å². The van der Waals surface area contributed by atoms with Crippen LogP contribution in [-0.4, -0.2) is 22.0 Å². The van der Waals surface area contributed by atoms with Crippen LogP contribution < -0.4 is 10.6 Å². The second kappa shape index (κ2) is 10.3. The molecule has 0 aliphatic heterocycles. The molecular weight excluding hydrogens is 476 g/mol. The molecule has 0 saturated carbocycles. The molecule has 0 spiro atoms. The zero-order valence-electron chi connectivity index (χ0n) is 21.1. The van der Waals surface area contributed by atoms with E-state index in [1.165, 1.54) is 13.8 Å². The molecule has 6 nitrogen and oxygen atoms in total. The predicted molar refractivity (Wildman–Crippen MR) is 149 cm³/mol. The van der Waals surface area contributed by atoms with Crippen LogP contribution in [0.3, 0.4) is 0 Å². The summed E-state index contributed by atoms with van der Waals surface area (Å²) in [5.41, 5.74) is 2.74. The molecule has 0 aromatic heterocycles. The number of rotatable bonds is 6. The van der Waals surface area contributed by atoms with E-state index in [9.17, 15) is 19.8 Å². The number of carbonyl (C=O) groups is 2. The van der Waals surface area contributed by atoms with Gasteiger partial charge in [0.05, 0.1) is 12.1 Å². The summed E-state index contributed by atoms with van der Waals surface area (Å²) < 4.78 is 0. The summed E-state index contributed by atoms with van der Waals surface area (Å²) in [4.78, 5) is 24.4. The van der Waals surface area contributed by atoms with E-state index >= 15 is 0 Å². The topological polar surface area (TPSA) is 98.7 Å². The van der Waals surface area contributed by atoms with Crippen LogP contribution in [-0.2, 0) is 9.59 Å². The Morgan fingerprint density at radius 3 is 1.29 bits per heavy atom. The van der Waals surface area contributed by atoms with Crippen LogP contribution >= 0.6 is 0 Å². The van der Waals surface area contributed by atoms with Gasteiger partial charge in [-0.15, -0.1) is 0 Å². The second-order valence-corrected chi connectivity index (χ2v) is 9.37. The third kappa shape index (κ3) is 4.76. The van der Waals surface area contributed by atoms with Crippen molar-refractivity contribution in [3.8, 4) is 11.5 Å². The Hall–Kier alpha value is -4.84. The van der Waals surface area contributed by atoms with E-state index in [1.807, 2.05) is 84.9 Å². The van der Waals surface area contributed by atoms with Crippen LogP contribution in [0.5, 0.6) is 11.5 Å². The van der Waals surface area contributed by atoms with Gasteiger partial charge >= 0.3 is 0 Å². The van der Waals surface area contributed by atoms with Crippen molar-refractivity contribution in [1.29, 1.82) is 0 Å². The molecule has 190 valence electrons. The molecule has 4 N–H and O–H groups in total. The molecule has 0 heterocycles. The van der Waals surface area contributed by atoms with Gasteiger partial charge in [0.25, 0.3) is 0 Å². The lowest BCUT2D eigenvalue weighted by molar-refractivity contribution is -0.120. The fourth-order valence-corrected chi connectivity index (χ4v) is 5.11. The molecular formula is C32H28N2O4. The maximum absolute atomic E-state index is 12.2. The third-order valence-electron chi connectivity index (χ3n) is 6.77. The second-order valence-electron chi connectivity index (χ2n) is 9.37. The largest absolute Gasteiger partial charge is 0.508 e. The van der Waals surface area contributed by atoms with Gasteiger partial charge in [0.1, 0.15) is 11.5 Å². The number of carbonyl (C=O) groups excluding carboxylic acids is 2. The van der Waals surface area contributed by atoms with Gasteiger partial charge in [-0.3, -0.25) is 9.59 Å². The van der Waals surface area contributed by atoms with Crippen molar-refractivity contribution in [3.05, 3.63) is 119 Å². The van der Waals surface area contributed by atoms with Gasteiger partial charge in [-0.1, -0.05) is 84.9 Å².